The highest BCUT2D eigenvalue weighted by atomic mass is 16.5. The maximum Gasteiger partial charge on any atom is 0.407 e. The molecule has 0 heterocycles. The van der Waals surface area contributed by atoms with Crippen LogP contribution in [0.1, 0.15) is 18.4 Å². The molecule has 0 radical (unpaired) electrons. The molecule has 0 bridgehead atoms. The fraction of sp³-hybridized carbons (Fsp3) is 0.333. The summed E-state index contributed by atoms with van der Waals surface area (Å²) in [4.78, 5) is 21.9. The van der Waals surface area contributed by atoms with Gasteiger partial charge in [-0.05, 0) is 24.3 Å². The molecule has 0 saturated heterocycles. The number of rotatable bonds is 5. The summed E-state index contributed by atoms with van der Waals surface area (Å²) in [6.45, 7) is 0.770. The van der Waals surface area contributed by atoms with E-state index in [1.807, 2.05) is 30.3 Å². The third-order valence-corrected chi connectivity index (χ3v) is 3.18. The second-order valence-corrected chi connectivity index (χ2v) is 4.86. The van der Waals surface area contributed by atoms with Crippen LogP contribution in [-0.4, -0.2) is 23.7 Å². The molecule has 1 aromatic carbocycles. The monoisotopic (exact) mass is 275 g/mol. The number of ether oxygens (including phenoxy) is 1. The van der Waals surface area contributed by atoms with Gasteiger partial charge in [0.05, 0.1) is 0 Å². The van der Waals surface area contributed by atoms with Crippen molar-refractivity contribution in [2.45, 2.75) is 19.4 Å². The molecule has 1 aliphatic rings. The minimum atomic E-state index is -0.909. The van der Waals surface area contributed by atoms with Crippen LogP contribution in [0.3, 0.4) is 0 Å². The lowest BCUT2D eigenvalue weighted by Crippen LogP contribution is -2.33. The van der Waals surface area contributed by atoms with Crippen LogP contribution in [0.25, 0.3) is 0 Å². The zero-order valence-electron chi connectivity index (χ0n) is 11.0. The molecule has 0 aliphatic heterocycles. The van der Waals surface area contributed by atoms with E-state index >= 15 is 0 Å². The van der Waals surface area contributed by atoms with Gasteiger partial charge in [-0.25, -0.2) is 9.59 Å². The van der Waals surface area contributed by atoms with Gasteiger partial charge in [-0.2, -0.15) is 0 Å². The number of carbonyl (C=O) groups excluding carboxylic acids is 1. The van der Waals surface area contributed by atoms with E-state index < -0.39 is 12.1 Å². The first-order chi connectivity index (χ1) is 9.63. The van der Waals surface area contributed by atoms with Crippen molar-refractivity contribution in [2.24, 2.45) is 5.92 Å². The summed E-state index contributed by atoms with van der Waals surface area (Å²) < 4.78 is 5.08. The number of alkyl carbamates (subject to hydrolysis) is 1. The van der Waals surface area contributed by atoms with Gasteiger partial charge < -0.3 is 15.2 Å². The summed E-state index contributed by atoms with van der Waals surface area (Å²) in [5.74, 6) is -0.599. The highest BCUT2D eigenvalue weighted by Gasteiger charge is 2.24. The van der Waals surface area contributed by atoms with Crippen molar-refractivity contribution in [2.75, 3.05) is 6.54 Å². The van der Waals surface area contributed by atoms with Gasteiger partial charge in [-0.1, -0.05) is 35.9 Å². The first-order valence-corrected chi connectivity index (χ1v) is 6.50. The Morgan fingerprint density at radius 1 is 1.30 bits per heavy atom. The van der Waals surface area contributed by atoms with E-state index in [1.165, 1.54) is 6.08 Å². The van der Waals surface area contributed by atoms with Gasteiger partial charge >= 0.3 is 12.1 Å². The lowest BCUT2D eigenvalue weighted by atomic mass is 9.80. The Bertz CT molecular complexity index is 502. The van der Waals surface area contributed by atoms with Gasteiger partial charge in [0.15, 0.2) is 0 Å². The van der Waals surface area contributed by atoms with Crippen LogP contribution in [0.2, 0.25) is 0 Å². The Morgan fingerprint density at radius 3 is 2.65 bits per heavy atom. The predicted molar refractivity (Wildman–Crippen MR) is 73.1 cm³/mol. The highest BCUT2D eigenvalue weighted by Crippen LogP contribution is 2.32. The lowest BCUT2D eigenvalue weighted by molar-refractivity contribution is -0.131. The number of nitrogens with one attached hydrogen (secondary N) is 1. The molecular formula is C15H17NO4. The summed E-state index contributed by atoms with van der Waals surface area (Å²) in [5, 5.41) is 11.3. The Balaban J connectivity index is 1.61. The molecule has 5 heteroatoms. The van der Waals surface area contributed by atoms with Gasteiger partial charge in [-0.15, -0.1) is 0 Å². The van der Waals surface area contributed by atoms with Crippen LogP contribution in [0.4, 0.5) is 4.79 Å². The summed E-state index contributed by atoms with van der Waals surface area (Å²) in [7, 11) is 0. The molecule has 1 amide bonds. The molecule has 2 N–H and O–H groups in total. The lowest BCUT2D eigenvalue weighted by Gasteiger charge is -2.28. The highest BCUT2D eigenvalue weighted by molar-refractivity contribution is 5.81. The summed E-state index contributed by atoms with van der Waals surface area (Å²) >= 11 is 0. The Hall–Kier alpha value is -2.30. The van der Waals surface area contributed by atoms with E-state index in [0.29, 0.717) is 12.5 Å². The predicted octanol–water partition coefficient (Wildman–Crippen LogP) is 2.33. The molecule has 106 valence electrons. The SMILES string of the molecule is O=C(O)C=C1CC(CNC(=O)OCc2ccccc2)C1. The number of carboxylic acids is 1. The fourth-order valence-electron chi connectivity index (χ4n) is 2.12. The number of aliphatic carboxylic acids is 1. The smallest absolute Gasteiger partial charge is 0.407 e. The van der Waals surface area contributed by atoms with E-state index in [0.717, 1.165) is 24.0 Å². The molecule has 1 saturated carbocycles. The molecule has 20 heavy (non-hydrogen) atoms. The molecule has 0 spiro atoms. The second kappa shape index (κ2) is 6.75. The molecular weight excluding hydrogens is 258 g/mol. The van der Waals surface area contributed by atoms with Crippen LogP contribution in [0.5, 0.6) is 0 Å². The van der Waals surface area contributed by atoms with E-state index in [2.05, 4.69) is 5.32 Å². The van der Waals surface area contributed by atoms with Crippen LogP contribution in [-0.2, 0) is 16.1 Å². The van der Waals surface area contributed by atoms with Crippen molar-refractivity contribution in [1.82, 2.24) is 5.32 Å². The van der Waals surface area contributed by atoms with Crippen molar-refractivity contribution in [3.05, 3.63) is 47.5 Å². The molecule has 0 aromatic heterocycles. The minimum Gasteiger partial charge on any atom is -0.478 e. The van der Waals surface area contributed by atoms with Crippen molar-refractivity contribution >= 4 is 12.1 Å². The first-order valence-electron chi connectivity index (χ1n) is 6.50. The average molecular weight is 275 g/mol. The number of hydrogen-bond donors (Lipinski definition) is 2. The standard InChI is InChI=1S/C15H17NO4/c17-14(18)8-12-6-13(7-12)9-16-15(19)20-10-11-4-2-1-3-5-11/h1-5,8,13H,6-7,9-10H2,(H,16,19)(H,17,18). The quantitative estimate of drug-likeness (QED) is 0.809. The van der Waals surface area contributed by atoms with Crippen LogP contribution in [0.15, 0.2) is 42.0 Å². The van der Waals surface area contributed by atoms with Gasteiger partial charge in [0.2, 0.25) is 0 Å². The van der Waals surface area contributed by atoms with E-state index in [4.69, 9.17) is 9.84 Å². The number of allylic oxidation sites excluding steroid dienone is 1. The number of carboxylic acid groups (broad SMARTS) is 1. The zero-order chi connectivity index (χ0) is 14.4. The summed E-state index contributed by atoms with van der Waals surface area (Å²) in [5.41, 5.74) is 1.86. The normalized spacial score (nSPS) is 17.0. The molecule has 0 atom stereocenters. The summed E-state index contributed by atoms with van der Waals surface area (Å²) in [6.07, 6.45) is 2.25. The third kappa shape index (κ3) is 4.42. The van der Waals surface area contributed by atoms with Gasteiger partial charge in [-0.3, -0.25) is 0 Å². The largest absolute Gasteiger partial charge is 0.478 e. The molecule has 0 unspecified atom stereocenters. The molecule has 1 aromatic rings. The molecule has 2 rings (SSSR count). The van der Waals surface area contributed by atoms with Crippen LogP contribution in [0, 0.1) is 5.92 Å². The number of amides is 1. The zero-order valence-corrected chi connectivity index (χ0v) is 11.0. The van der Waals surface area contributed by atoms with Crippen LogP contribution < -0.4 is 5.32 Å². The van der Waals surface area contributed by atoms with Crippen LogP contribution >= 0.6 is 0 Å². The summed E-state index contributed by atoms with van der Waals surface area (Å²) in [6, 6.07) is 9.47. The van der Waals surface area contributed by atoms with Gasteiger partial charge in [0.1, 0.15) is 6.61 Å². The van der Waals surface area contributed by atoms with E-state index in [-0.39, 0.29) is 6.61 Å². The maximum atomic E-state index is 11.5. The van der Waals surface area contributed by atoms with Gasteiger partial charge in [0.25, 0.3) is 0 Å². The maximum absolute atomic E-state index is 11.5. The van der Waals surface area contributed by atoms with Gasteiger partial charge in [0, 0.05) is 12.6 Å². The molecule has 5 nitrogen and oxygen atoms in total. The van der Waals surface area contributed by atoms with Crippen molar-refractivity contribution < 1.29 is 19.4 Å². The van der Waals surface area contributed by atoms with Crippen molar-refractivity contribution in [1.29, 1.82) is 0 Å². The molecule has 1 fully saturated rings. The Morgan fingerprint density at radius 2 is 2.00 bits per heavy atom. The molecule has 1 aliphatic carbocycles. The second-order valence-electron chi connectivity index (χ2n) is 4.86. The minimum absolute atomic E-state index is 0.251. The van der Waals surface area contributed by atoms with Crippen molar-refractivity contribution in [3.63, 3.8) is 0 Å². The Kier molecular flexibility index (Phi) is 4.76. The van der Waals surface area contributed by atoms with E-state index in [9.17, 15) is 9.59 Å². The Labute approximate surface area is 117 Å². The fourth-order valence-corrected chi connectivity index (χ4v) is 2.12. The average Bonchev–Trinajstić information content (AvgIpc) is 2.39. The number of benzene rings is 1. The first kappa shape index (κ1) is 14.1. The topological polar surface area (TPSA) is 75.6 Å². The van der Waals surface area contributed by atoms with E-state index in [1.54, 1.807) is 0 Å². The van der Waals surface area contributed by atoms with Crippen molar-refractivity contribution in [3.8, 4) is 0 Å². The number of hydrogen-bond acceptors (Lipinski definition) is 3. The number of carbonyl (C=O) groups is 2. The third-order valence-electron chi connectivity index (χ3n) is 3.18.